The minimum absolute atomic E-state index is 0.0244. The number of nitrogens with zero attached hydrogens (tertiary/aromatic N) is 4. The molecule has 1 aromatic heterocycles. The number of hydrogen-bond donors (Lipinski definition) is 1. The third-order valence-corrected chi connectivity index (χ3v) is 5.78. The van der Waals surface area contributed by atoms with Crippen molar-refractivity contribution in [2.75, 3.05) is 24.5 Å². The second-order valence-electron chi connectivity index (χ2n) is 8.44. The van der Waals surface area contributed by atoms with E-state index in [0.29, 0.717) is 24.7 Å². The molecular formula is C23H26ClN5O. The number of rotatable bonds is 3. The van der Waals surface area contributed by atoms with Crippen molar-refractivity contribution in [3.63, 3.8) is 0 Å². The Labute approximate surface area is 181 Å². The Morgan fingerprint density at radius 2 is 1.73 bits per heavy atom. The predicted octanol–water partition coefficient (Wildman–Crippen LogP) is 3.72. The van der Waals surface area contributed by atoms with Gasteiger partial charge in [0.05, 0.1) is 5.54 Å². The first-order chi connectivity index (χ1) is 14.3. The minimum Gasteiger partial charge on any atom is -0.351 e. The van der Waals surface area contributed by atoms with Crippen LogP contribution in [0.25, 0.3) is 22.0 Å². The molecule has 0 radical (unpaired) electrons. The summed E-state index contributed by atoms with van der Waals surface area (Å²) in [6, 6.07) is 15.8. The highest BCUT2D eigenvalue weighted by molar-refractivity contribution is 6.30. The molecular weight excluding hydrogens is 398 g/mol. The molecule has 1 aliphatic heterocycles. The van der Waals surface area contributed by atoms with E-state index in [-0.39, 0.29) is 11.9 Å². The summed E-state index contributed by atoms with van der Waals surface area (Å²) < 4.78 is 0. The summed E-state index contributed by atoms with van der Waals surface area (Å²) in [6.07, 6.45) is 0. The van der Waals surface area contributed by atoms with Gasteiger partial charge in [-0.1, -0.05) is 48.0 Å². The van der Waals surface area contributed by atoms with Gasteiger partial charge in [-0.15, -0.1) is 10.2 Å². The number of amides is 1. The second kappa shape index (κ2) is 7.85. The molecule has 156 valence electrons. The Kier molecular flexibility index (Phi) is 5.38. The fraction of sp³-hybridized carbons (Fsp3) is 0.348. The fourth-order valence-electron chi connectivity index (χ4n) is 3.97. The monoisotopic (exact) mass is 423 g/mol. The number of piperazine rings is 1. The molecule has 0 bridgehead atoms. The van der Waals surface area contributed by atoms with Crippen molar-refractivity contribution < 1.29 is 4.79 Å². The van der Waals surface area contributed by atoms with Crippen LogP contribution in [0, 0.1) is 0 Å². The van der Waals surface area contributed by atoms with Gasteiger partial charge in [-0.2, -0.15) is 0 Å². The lowest BCUT2D eigenvalue weighted by Crippen LogP contribution is -2.60. The standard InChI is InChI=1S/C23H26ClN5O/c1-15-14-28(12-13-29(15)22(30)23(2,3)25)21-19-7-5-4-6-18(19)20(26-27-21)16-8-10-17(24)11-9-16/h4-11,15H,12-14,25H2,1-3H3/t15-/m1/s1. The Morgan fingerprint density at radius 3 is 2.37 bits per heavy atom. The first-order valence-corrected chi connectivity index (χ1v) is 10.5. The zero-order chi connectivity index (χ0) is 21.5. The number of carbonyl (C=O) groups is 1. The van der Waals surface area contributed by atoms with Gasteiger partial charge < -0.3 is 15.5 Å². The Bertz CT molecular complexity index is 1080. The van der Waals surface area contributed by atoms with Crippen LogP contribution in [-0.4, -0.2) is 52.2 Å². The van der Waals surface area contributed by atoms with Crippen molar-refractivity contribution >= 4 is 34.1 Å². The van der Waals surface area contributed by atoms with E-state index in [1.54, 1.807) is 13.8 Å². The third-order valence-electron chi connectivity index (χ3n) is 5.52. The molecule has 7 heteroatoms. The zero-order valence-corrected chi connectivity index (χ0v) is 18.2. The lowest BCUT2D eigenvalue weighted by atomic mass is 10.0. The molecule has 2 aromatic carbocycles. The minimum atomic E-state index is -0.872. The number of carbonyl (C=O) groups excluding carboxylic acids is 1. The molecule has 0 saturated carbocycles. The van der Waals surface area contributed by atoms with Crippen LogP contribution >= 0.6 is 11.6 Å². The number of aromatic nitrogens is 2. The van der Waals surface area contributed by atoms with Crippen LogP contribution in [0.1, 0.15) is 20.8 Å². The Morgan fingerprint density at radius 1 is 1.07 bits per heavy atom. The molecule has 1 aliphatic rings. The smallest absolute Gasteiger partial charge is 0.242 e. The van der Waals surface area contributed by atoms with Crippen LogP contribution in [0.4, 0.5) is 5.82 Å². The van der Waals surface area contributed by atoms with Crippen LogP contribution in [0.3, 0.4) is 0 Å². The van der Waals surface area contributed by atoms with Crippen LogP contribution in [0.5, 0.6) is 0 Å². The second-order valence-corrected chi connectivity index (χ2v) is 8.88. The van der Waals surface area contributed by atoms with E-state index >= 15 is 0 Å². The predicted molar refractivity (Wildman–Crippen MR) is 122 cm³/mol. The van der Waals surface area contributed by atoms with Crippen molar-refractivity contribution in [2.45, 2.75) is 32.4 Å². The molecule has 3 aromatic rings. The summed E-state index contributed by atoms with van der Waals surface area (Å²) in [5, 5.41) is 11.9. The maximum Gasteiger partial charge on any atom is 0.242 e. The molecule has 6 nitrogen and oxygen atoms in total. The summed E-state index contributed by atoms with van der Waals surface area (Å²) in [5.41, 5.74) is 6.97. The molecule has 4 rings (SSSR count). The SMILES string of the molecule is C[C@@H]1CN(c2nnc(-c3ccc(Cl)cc3)c3ccccc23)CCN1C(=O)C(C)(C)N. The van der Waals surface area contributed by atoms with Gasteiger partial charge in [-0.05, 0) is 32.9 Å². The third kappa shape index (κ3) is 3.85. The number of nitrogens with two attached hydrogens (primary N) is 1. The highest BCUT2D eigenvalue weighted by atomic mass is 35.5. The number of hydrogen-bond acceptors (Lipinski definition) is 5. The van der Waals surface area contributed by atoms with E-state index in [1.807, 2.05) is 48.2 Å². The first kappa shape index (κ1) is 20.6. The Hall–Kier alpha value is -2.70. The van der Waals surface area contributed by atoms with Gasteiger partial charge in [0.15, 0.2) is 5.82 Å². The van der Waals surface area contributed by atoms with Gasteiger partial charge in [-0.25, -0.2) is 0 Å². The van der Waals surface area contributed by atoms with E-state index in [9.17, 15) is 4.79 Å². The number of fused-ring (bicyclic) bond motifs is 1. The van der Waals surface area contributed by atoms with Gasteiger partial charge in [0.25, 0.3) is 0 Å². The summed E-state index contributed by atoms with van der Waals surface area (Å²) >= 11 is 6.04. The average molecular weight is 424 g/mol. The zero-order valence-electron chi connectivity index (χ0n) is 17.5. The Balaban J connectivity index is 1.67. The molecule has 1 amide bonds. The molecule has 1 atom stereocenters. The number of anilines is 1. The lowest BCUT2D eigenvalue weighted by molar-refractivity contribution is -0.138. The molecule has 1 saturated heterocycles. The summed E-state index contributed by atoms with van der Waals surface area (Å²) in [7, 11) is 0. The fourth-order valence-corrected chi connectivity index (χ4v) is 4.09. The van der Waals surface area contributed by atoms with Gasteiger partial charge in [0.1, 0.15) is 5.69 Å². The molecule has 2 heterocycles. The summed E-state index contributed by atoms with van der Waals surface area (Å²) in [5.74, 6) is 0.818. The molecule has 30 heavy (non-hydrogen) atoms. The normalized spacial score (nSPS) is 17.4. The largest absolute Gasteiger partial charge is 0.351 e. The quantitative estimate of drug-likeness (QED) is 0.694. The molecule has 0 aliphatic carbocycles. The van der Waals surface area contributed by atoms with E-state index < -0.39 is 5.54 Å². The molecule has 0 unspecified atom stereocenters. The maximum absolute atomic E-state index is 12.7. The molecule has 0 spiro atoms. The number of benzene rings is 2. The first-order valence-electron chi connectivity index (χ1n) is 10.1. The van der Waals surface area contributed by atoms with E-state index in [4.69, 9.17) is 17.3 Å². The topological polar surface area (TPSA) is 75.4 Å². The average Bonchev–Trinajstić information content (AvgIpc) is 2.72. The van der Waals surface area contributed by atoms with Crippen molar-refractivity contribution in [3.05, 3.63) is 53.6 Å². The maximum atomic E-state index is 12.7. The van der Waals surface area contributed by atoms with Crippen LogP contribution in [0.15, 0.2) is 48.5 Å². The highest BCUT2D eigenvalue weighted by Crippen LogP contribution is 2.32. The van der Waals surface area contributed by atoms with Crippen molar-refractivity contribution in [1.82, 2.24) is 15.1 Å². The van der Waals surface area contributed by atoms with Crippen molar-refractivity contribution in [2.24, 2.45) is 5.73 Å². The highest BCUT2D eigenvalue weighted by Gasteiger charge is 2.35. The lowest BCUT2D eigenvalue weighted by Gasteiger charge is -2.42. The van der Waals surface area contributed by atoms with Gasteiger partial charge in [0, 0.05) is 47.0 Å². The van der Waals surface area contributed by atoms with Gasteiger partial charge in [-0.3, -0.25) is 4.79 Å². The van der Waals surface area contributed by atoms with E-state index in [0.717, 1.165) is 27.8 Å². The van der Waals surface area contributed by atoms with Gasteiger partial charge >= 0.3 is 0 Å². The van der Waals surface area contributed by atoms with E-state index in [2.05, 4.69) is 27.2 Å². The summed E-state index contributed by atoms with van der Waals surface area (Å²) in [4.78, 5) is 16.7. The van der Waals surface area contributed by atoms with Crippen molar-refractivity contribution in [3.8, 4) is 11.3 Å². The van der Waals surface area contributed by atoms with Crippen LogP contribution in [0.2, 0.25) is 5.02 Å². The van der Waals surface area contributed by atoms with Crippen molar-refractivity contribution in [1.29, 1.82) is 0 Å². The van der Waals surface area contributed by atoms with Gasteiger partial charge in [0.2, 0.25) is 5.91 Å². The van der Waals surface area contributed by atoms with E-state index in [1.165, 1.54) is 0 Å². The summed E-state index contributed by atoms with van der Waals surface area (Å²) in [6.45, 7) is 7.53. The number of halogens is 1. The van der Waals surface area contributed by atoms with Crippen LogP contribution < -0.4 is 10.6 Å². The van der Waals surface area contributed by atoms with Crippen LogP contribution in [-0.2, 0) is 4.79 Å². The molecule has 1 fully saturated rings. The molecule has 2 N–H and O–H groups in total.